The Morgan fingerprint density at radius 2 is 1.67 bits per heavy atom. The second-order valence-corrected chi connectivity index (χ2v) is 14.5. The minimum Gasteiger partial charge on any atom is -0.497 e. The third-order valence-electron chi connectivity index (χ3n) is 9.87. The largest absolute Gasteiger partial charge is 0.497 e. The van der Waals surface area contributed by atoms with Crippen LogP contribution in [0.5, 0.6) is 5.75 Å². The molecule has 0 radical (unpaired) electrons. The normalized spacial score (nSPS) is 21.5. The predicted octanol–water partition coefficient (Wildman–Crippen LogP) is 6.59. The minimum atomic E-state index is -0.939. The lowest BCUT2D eigenvalue weighted by Gasteiger charge is -2.52. The fourth-order valence-electron chi connectivity index (χ4n) is 7.58. The molecule has 45 heavy (non-hydrogen) atoms. The summed E-state index contributed by atoms with van der Waals surface area (Å²) in [6.07, 6.45) is 5.41. The average Bonchev–Trinajstić information content (AvgIpc) is 3.11. The van der Waals surface area contributed by atoms with Gasteiger partial charge in [0.05, 0.1) is 18.7 Å². The number of benzene rings is 4. The summed E-state index contributed by atoms with van der Waals surface area (Å²) in [6.45, 7) is 4.49. The number of amides is 1. The van der Waals surface area contributed by atoms with Gasteiger partial charge in [0, 0.05) is 29.7 Å². The van der Waals surface area contributed by atoms with E-state index < -0.39 is 7.92 Å². The molecule has 4 aromatic carbocycles. The van der Waals surface area contributed by atoms with E-state index in [1.54, 1.807) is 7.11 Å². The number of nitrogens with zero attached hydrogens (tertiary/aromatic N) is 2. The lowest BCUT2D eigenvalue weighted by molar-refractivity contribution is -0.0152. The zero-order valence-corrected chi connectivity index (χ0v) is 26.9. The monoisotopic (exact) mass is 613 g/mol. The molecular weight excluding hydrogens is 573 g/mol. The Morgan fingerprint density at radius 3 is 2.33 bits per heavy atom. The van der Waals surface area contributed by atoms with Crippen molar-refractivity contribution in [3.63, 3.8) is 0 Å². The number of hydrogen-bond donors (Lipinski definition) is 1. The van der Waals surface area contributed by atoms with Crippen LogP contribution in [-0.2, 0) is 0 Å². The summed E-state index contributed by atoms with van der Waals surface area (Å²) in [5.41, 5.74) is 2.75. The number of carbonyl (C=O) groups excluding carboxylic acids is 1. The van der Waals surface area contributed by atoms with Gasteiger partial charge >= 0.3 is 0 Å². The molecule has 1 aromatic heterocycles. The van der Waals surface area contributed by atoms with Gasteiger partial charge in [0.2, 0.25) is 0 Å². The van der Waals surface area contributed by atoms with Crippen molar-refractivity contribution in [3.8, 4) is 5.75 Å². The Morgan fingerprint density at radius 1 is 0.956 bits per heavy atom. The van der Waals surface area contributed by atoms with E-state index in [1.165, 1.54) is 23.5 Å². The number of piperidine rings is 3. The third kappa shape index (κ3) is 5.88. The van der Waals surface area contributed by atoms with E-state index in [0.717, 1.165) is 58.5 Å². The Balaban J connectivity index is 1.32. The number of pyridine rings is 1. The summed E-state index contributed by atoms with van der Waals surface area (Å²) >= 11 is 0. The summed E-state index contributed by atoms with van der Waals surface area (Å²) in [4.78, 5) is 22.0. The fourth-order valence-corrected chi connectivity index (χ4v) is 10.0. The maximum atomic E-state index is 14.7. The van der Waals surface area contributed by atoms with Gasteiger partial charge in [-0.25, -0.2) is 0 Å². The van der Waals surface area contributed by atoms with Gasteiger partial charge in [-0.1, -0.05) is 92.2 Å². The van der Waals surface area contributed by atoms with E-state index in [2.05, 4.69) is 107 Å². The van der Waals surface area contributed by atoms with Gasteiger partial charge in [-0.2, -0.15) is 0 Å². The van der Waals surface area contributed by atoms with Crippen LogP contribution in [0.1, 0.15) is 48.1 Å². The topological polar surface area (TPSA) is 54.5 Å². The fraction of sp³-hybridized carbons (Fsp3) is 0.282. The molecule has 8 rings (SSSR count). The average molecular weight is 614 g/mol. The highest BCUT2D eigenvalue weighted by molar-refractivity contribution is 7.80. The summed E-state index contributed by atoms with van der Waals surface area (Å²) in [6, 6.07) is 37.5. The van der Waals surface area contributed by atoms with Crippen molar-refractivity contribution in [1.29, 1.82) is 0 Å². The summed E-state index contributed by atoms with van der Waals surface area (Å²) in [7, 11) is 0.757. The first-order valence-electron chi connectivity index (χ1n) is 16.1. The minimum absolute atomic E-state index is 0.0301. The van der Waals surface area contributed by atoms with E-state index in [0.29, 0.717) is 5.92 Å². The lowest BCUT2D eigenvalue weighted by atomic mass is 9.72. The van der Waals surface area contributed by atoms with E-state index in [1.807, 2.05) is 30.5 Å². The molecule has 3 unspecified atom stereocenters. The Labute approximate surface area is 267 Å². The van der Waals surface area contributed by atoms with Gasteiger partial charge < -0.3 is 10.1 Å². The number of hydrogen-bond acceptors (Lipinski definition) is 4. The van der Waals surface area contributed by atoms with Crippen molar-refractivity contribution in [3.05, 3.63) is 127 Å². The molecule has 0 aliphatic carbocycles. The van der Waals surface area contributed by atoms with Gasteiger partial charge in [-0.3, -0.25) is 14.7 Å². The van der Waals surface area contributed by atoms with Crippen LogP contribution in [0.15, 0.2) is 115 Å². The number of carbonyl (C=O) groups is 1. The number of rotatable bonds is 9. The summed E-state index contributed by atoms with van der Waals surface area (Å²) in [5.74, 6) is 2.17. The maximum absolute atomic E-state index is 14.7. The standard InChI is InChI=1S/C39H40N3O2P/c1-3-27-26-42-23-21-28(27)24-36(42)38(32-20-22-40-35-19-18-29(44-2)25-34(32)35)41-39(43)33-16-10-11-17-37(33)45(30-12-6-4-7-13-30)31-14-8-5-9-15-31/h4-20,22,25,27-28,36,38H,3,21,23-24,26H2,1-2H3,(H,41,43)/t27?,28?,36-,38-/m0/s1. The zero-order valence-electron chi connectivity index (χ0n) is 26.0. The molecule has 228 valence electrons. The van der Waals surface area contributed by atoms with Gasteiger partial charge in [0.15, 0.2) is 0 Å². The van der Waals surface area contributed by atoms with Crippen LogP contribution >= 0.6 is 7.92 Å². The Hall–Kier alpha value is -4.05. The predicted molar refractivity (Wildman–Crippen MR) is 186 cm³/mol. The Bertz CT molecular complexity index is 1740. The van der Waals surface area contributed by atoms with Crippen LogP contribution in [0.4, 0.5) is 0 Å². The molecule has 2 bridgehead atoms. The van der Waals surface area contributed by atoms with E-state index in [9.17, 15) is 4.79 Å². The summed E-state index contributed by atoms with van der Waals surface area (Å²) < 4.78 is 5.63. The number of methoxy groups -OCH3 is 1. The van der Waals surface area contributed by atoms with Crippen molar-refractivity contribution >= 4 is 40.6 Å². The smallest absolute Gasteiger partial charge is 0.252 e. The van der Waals surface area contributed by atoms with Crippen molar-refractivity contribution in [1.82, 2.24) is 15.2 Å². The quantitative estimate of drug-likeness (QED) is 0.191. The molecule has 5 nitrogen and oxygen atoms in total. The van der Waals surface area contributed by atoms with Gasteiger partial charge in [-0.15, -0.1) is 0 Å². The van der Waals surface area contributed by atoms with Crippen LogP contribution in [0.2, 0.25) is 0 Å². The van der Waals surface area contributed by atoms with Crippen molar-refractivity contribution < 1.29 is 9.53 Å². The van der Waals surface area contributed by atoms with E-state index in [4.69, 9.17) is 4.74 Å². The molecule has 5 atom stereocenters. The number of fused-ring (bicyclic) bond motifs is 4. The third-order valence-corrected chi connectivity index (χ3v) is 12.4. The van der Waals surface area contributed by atoms with Crippen LogP contribution in [0, 0.1) is 11.8 Å². The van der Waals surface area contributed by atoms with Crippen LogP contribution < -0.4 is 26.0 Å². The van der Waals surface area contributed by atoms with E-state index in [-0.39, 0.29) is 18.0 Å². The molecule has 0 spiro atoms. The molecule has 3 aliphatic rings. The van der Waals surface area contributed by atoms with Crippen LogP contribution in [0.3, 0.4) is 0 Å². The summed E-state index contributed by atoms with van der Waals surface area (Å²) in [5, 5.41) is 8.18. The molecule has 1 N–H and O–H groups in total. The molecule has 5 aromatic rings. The zero-order chi connectivity index (χ0) is 30.8. The molecule has 4 heterocycles. The lowest BCUT2D eigenvalue weighted by Crippen LogP contribution is -2.57. The second-order valence-electron chi connectivity index (χ2n) is 12.3. The van der Waals surface area contributed by atoms with Gasteiger partial charge in [0.25, 0.3) is 5.91 Å². The van der Waals surface area contributed by atoms with E-state index >= 15 is 0 Å². The molecule has 3 fully saturated rings. The number of nitrogens with one attached hydrogen (secondary N) is 1. The van der Waals surface area contributed by atoms with Crippen molar-refractivity contribution in [2.24, 2.45) is 11.8 Å². The van der Waals surface area contributed by atoms with Crippen molar-refractivity contribution in [2.75, 3.05) is 20.2 Å². The molecule has 3 saturated heterocycles. The molecule has 0 saturated carbocycles. The Kier molecular flexibility index (Phi) is 8.65. The van der Waals surface area contributed by atoms with Gasteiger partial charge in [-0.05, 0) is 91.0 Å². The highest BCUT2D eigenvalue weighted by Gasteiger charge is 2.43. The first-order valence-corrected chi connectivity index (χ1v) is 17.5. The number of ether oxygens (including phenoxy) is 1. The molecular formula is C39H40N3O2P. The van der Waals surface area contributed by atoms with Crippen molar-refractivity contribution in [2.45, 2.75) is 38.3 Å². The number of aromatic nitrogens is 1. The SMILES string of the molecule is CCC1CN2CCC1C[C@H]2[C@@H](NC(=O)c1ccccc1P(c1ccccc1)c1ccccc1)c1ccnc2ccc(OC)cc12. The highest BCUT2D eigenvalue weighted by atomic mass is 31.1. The first kappa shape index (κ1) is 29.6. The highest BCUT2D eigenvalue weighted by Crippen LogP contribution is 2.43. The maximum Gasteiger partial charge on any atom is 0.252 e. The first-order chi connectivity index (χ1) is 22.1. The van der Waals surface area contributed by atoms with Crippen LogP contribution in [-0.4, -0.2) is 42.0 Å². The molecule has 6 heteroatoms. The van der Waals surface area contributed by atoms with Crippen LogP contribution in [0.25, 0.3) is 10.9 Å². The molecule has 3 aliphatic heterocycles. The second kappa shape index (κ2) is 13.1. The molecule has 1 amide bonds. The van der Waals surface area contributed by atoms with Gasteiger partial charge in [0.1, 0.15) is 5.75 Å².